The van der Waals surface area contributed by atoms with Gasteiger partial charge in [-0.1, -0.05) is 80.4 Å². The molecule has 1 aliphatic rings. The summed E-state index contributed by atoms with van der Waals surface area (Å²) >= 11 is 0. The SMILES string of the molecule is CCC1=CCC(C(C)(c2ccccc2)c2ccccc2)=[C-]1.[Cl-].[Cl-].[Cl-].[Ti+4]. The summed E-state index contributed by atoms with van der Waals surface area (Å²) in [5.41, 5.74) is 5.28. The minimum atomic E-state index is -0.101. The monoisotopic (exact) mass is 426 g/mol. The van der Waals surface area contributed by atoms with Crippen molar-refractivity contribution in [2.24, 2.45) is 0 Å². The first-order valence-corrected chi connectivity index (χ1v) is 7.68. The van der Waals surface area contributed by atoms with Gasteiger partial charge in [0, 0.05) is 5.41 Å². The van der Waals surface area contributed by atoms with Crippen molar-refractivity contribution in [1.29, 1.82) is 0 Å². The van der Waals surface area contributed by atoms with Gasteiger partial charge in [0.15, 0.2) is 0 Å². The van der Waals surface area contributed by atoms with Crippen molar-refractivity contribution >= 4 is 0 Å². The van der Waals surface area contributed by atoms with Crippen LogP contribution in [-0.4, -0.2) is 0 Å². The van der Waals surface area contributed by atoms with E-state index in [-0.39, 0.29) is 64.4 Å². The number of hydrogen-bond acceptors (Lipinski definition) is 0. The van der Waals surface area contributed by atoms with E-state index < -0.39 is 0 Å². The van der Waals surface area contributed by atoms with E-state index in [1.54, 1.807) is 0 Å². The molecule has 0 bridgehead atoms. The van der Waals surface area contributed by atoms with E-state index in [2.05, 4.69) is 86.7 Å². The van der Waals surface area contributed by atoms with Crippen LogP contribution in [0.25, 0.3) is 0 Å². The molecule has 1 aliphatic carbocycles. The number of allylic oxidation sites excluding steroid dienone is 4. The first kappa shape index (κ1) is 26.7. The van der Waals surface area contributed by atoms with Gasteiger partial charge in [0.2, 0.25) is 0 Å². The van der Waals surface area contributed by atoms with Crippen molar-refractivity contribution < 1.29 is 58.9 Å². The van der Waals surface area contributed by atoms with Crippen LogP contribution in [0.2, 0.25) is 0 Å². The molecule has 0 fully saturated rings. The molecule has 0 saturated carbocycles. The van der Waals surface area contributed by atoms with Gasteiger partial charge in [0.05, 0.1) is 0 Å². The van der Waals surface area contributed by atoms with Crippen LogP contribution < -0.4 is 37.2 Å². The summed E-state index contributed by atoms with van der Waals surface area (Å²) in [6.45, 7) is 4.52. The van der Waals surface area contributed by atoms with Gasteiger partial charge in [0.25, 0.3) is 0 Å². The maximum absolute atomic E-state index is 3.66. The molecule has 0 unspecified atom stereocenters. The van der Waals surface area contributed by atoms with Gasteiger partial charge in [-0.05, 0) is 18.1 Å². The molecule has 0 heterocycles. The molecule has 0 radical (unpaired) electrons. The van der Waals surface area contributed by atoms with E-state index in [9.17, 15) is 0 Å². The van der Waals surface area contributed by atoms with E-state index in [0.29, 0.717) is 0 Å². The topological polar surface area (TPSA) is 0 Å². The minimum Gasteiger partial charge on any atom is -1.00 e. The van der Waals surface area contributed by atoms with Gasteiger partial charge < -0.3 is 37.2 Å². The van der Waals surface area contributed by atoms with Crippen LogP contribution in [0.1, 0.15) is 37.8 Å². The largest absolute Gasteiger partial charge is 4.00 e. The zero-order valence-corrected chi connectivity index (χ0v) is 18.2. The third kappa shape index (κ3) is 5.49. The smallest absolute Gasteiger partial charge is 1.00 e. The molecule has 4 heteroatoms. The standard InChI is InChI=1S/C21H21.3ClH.Ti/c1-3-17-14-15-20(16-17)21(2,18-10-6-4-7-11-18)19-12-8-5-9-13-19;;;;/h4-14H,3,15H2,1-2H3;3*1H;/q-1;;;;+4/p-3. The van der Waals surface area contributed by atoms with Crippen molar-refractivity contribution in [1.82, 2.24) is 0 Å². The maximum atomic E-state index is 3.66. The second-order valence-electron chi connectivity index (χ2n) is 5.75. The molecule has 0 amide bonds. The van der Waals surface area contributed by atoms with Crippen LogP contribution >= 0.6 is 0 Å². The van der Waals surface area contributed by atoms with E-state index in [0.717, 1.165) is 12.8 Å². The van der Waals surface area contributed by atoms with Crippen molar-refractivity contribution in [2.75, 3.05) is 0 Å². The number of rotatable bonds is 4. The Labute approximate surface area is 185 Å². The van der Waals surface area contributed by atoms with Gasteiger partial charge in [0.1, 0.15) is 0 Å². The first-order chi connectivity index (χ1) is 10.2. The summed E-state index contributed by atoms with van der Waals surface area (Å²) in [4.78, 5) is 0. The molecule has 0 aliphatic heterocycles. The maximum Gasteiger partial charge on any atom is 4.00 e. The van der Waals surface area contributed by atoms with Crippen LogP contribution in [0, 0.1) is 6.08 Å². The molecular weight excluding hydrogens is 406 g/mol. The van der Waals surface area contributed by atoms with Gasteiger partial charge in [-0.3, -0.25) is 0 Å². The number of benzene rings is 2. The summed E-state index contributed by atoms with van der Waals surface area (Å²) in [6, 6.07) is 21.6. The van der Waals surface area contributed by atoms with Crippen LogP contribution in [0.15, 0.2) is 77.9 Å². The molecule has 2 aromatic rings. The number of halogens is 3. The Morgan fingerprint density at radius 2 is 1.28 bits per heavy atom. The van der Waals surface area contributed by atoms with Gasteiger partial charge in [-0.25, -0.2) is 17.7 Å². The van der Waals surface area contributed by atoms with Gasteiger partial charge in [-0.15, -0.1) is 0 Å². The Balaban J connectivity index is 0. The van der Waals surface area contributed by atoms with E-state index in [1.807, 2.05) is 0 Å². The second kappa shape index (κ2) is 12.0. The fourth-order valence-electron chi connectivity index (χ4n) is 3.14. The van der Waals surface area contributed by atoms with E-state index in [1.165, 1.54) is 22.3 Å². The second-order valence-corrected chi connectivity index (χ2v) is 5.75. The molecule has 130 valence electrons. The third-order valence-electron chi connectivity index (χ3n) is 4.55. The van der Waals surface area contributed by atoms with Gasteiger partial charge in [-0.2, -0.15) is 5.57 Å². The fourth-order valence-corrected chi connectivity index (χ4v) is 3.14. The molecule has 0 spiro atoms. The van der Waals surface area contributed by atoms with Crippen LogP contribution in [0.4, 0.5) is 0 Å². The molecule has 25 heavy (non-hydrogen) atoms. The molecule has 0 atom stereocenters. The molecule has 0 saturated heterocycles. The van der Waals surface area contributed by atoms with Crippen molar-refractivity contribution in [3.05, 3.63) is 95.1 Å². The van der Waals surface area contributed by atoms with Crippen LogP contribution in [-0.2, 0) is 27.1 Å². The Kier molecular flexibility index (Phi) is 12.8. The summed E-state index contributed by atoms with van der Waals surface area (Å²) in [6.07, 6.45) is 8.04. The molecule has 0 aromatic heterocycles. The Morgan fingerprint density at radius 1 is 0.840 bits per heavy atom. The normalized spacial score (nSPS) is 12.4. The average Bonchev–Trinajstić information content (AvgIpc) is 3.05. The zero-order valence-electron chi connectivity index (χ0n) is 14.4. The quantitative estimate of drug-likeness (QED) is 0.351. The Bertz CT molecular complexity index is 639. The van der Waals surface area contributed by atoms with Gasteiger partial charge >= 0.3 is 21.7 Å². The van der Waals surface area contributed by atoms with Crippen molar-refractivity contribution in [2.45, 2.75) is 32.1 Å². The summed E-state index contributed by atoms with van der Waals surface area (Å²) in [5, 5.41) is 0. The third-order valence-corrected chi connectivity index (χ3v) is 4.55. The Morgan fingerprint density at radius 3 is 1.64 bits per heavy atom. The average molecular weight is 428 g/mol. The predicted molar refractivity (Wildman–Crippen MR) is 89.1 cm³/mol. The zero-order chi connectivity index (χ0) is 14.7. The molecule has 3 rings (SSSR count). The summed E-state index contributed by atoms with van der Waals surface area (Å²) in [5.74, 6) is 0. The van der Waals surface area contributed by atoms with Crippen LogP contribution in [0.5, 0.6) is 0 Å². The molecule has 0 nitrogen and oxygen atoms in total. The summed E-state index contributed by atoms with van der Waals surface area (Å²) in [7, 11) is 0. The minimum absolute atomic E-state index is 0. The molecule has 2 aromatic carbocycles. The first-order valence-electron chi connectivity index (χ1n) is 7.68. The summed E-state index contributed by atoms with van der Waals surface area (Å²) < 4.78 is 0. The fraction of sp³-hybridized carbons (Fsp3) is 0.238. The van der Waals surface area contributed by atoms with E-state index >= 15 is 0 Å². The predicted octanol–water partition coefficient (Wildman–Crippen LogP) is -3.53. The van der Waals surface area contributed by atoms with Crippen molar-refractivity contribution in [3.8, 4) is 0 Å². The van der Waals surface area contributed by atoms with E-state index in [4.69, 9.17) is 0 Å². The number of hydrogen-bond donors (Lipinski definition) is 0. The van der Waals surface area contributed by atoms with Crippen molar-refractivity contribution in [3.63, 3.8) is 0 Å². The van der Waals surface area contributed by atoms with Crippen LogP contribution in [0.3, 0.4) is 0 Å². The molecule has 0 N–H and O–H groups in total. The Hall–Kier alpha value is -0.496. The molecular formula is C21H21Cl3Ti.